The van der Waals surface area contributed by atoms with Crippen LogP contribution in [0.2, 0.25) is 0 Å². The second-order valence-corrected chi connectivity index (χ2v) is 5.20. The minimum Gasteiger partial charge on any atom is -0.491 e. The Morgan fingerprint density at radius 1 is 1.33 bits per heavy atom. The lowest BCUT2D eigenvalue weighted by Crippen LogP contribution is -2.43. The number of amides is 2. The van der Waals surface area contributed by atoms with Gasteiger partial charge in [0.15, 0.2) is 0 Å². The zero-order valence-corrected chi connectivity index (χ0v) is 11.8. The van der Waals surface area contributed by atoms with Crippen molar-refractivity contribution in [2.24, 2.45) is 0 Å². The van der Waals surface area contributed by atoms with E-state index in [1.807, 2.05) is 43.3 Å². The van der Waals surface area contributed by atoms with Gasteiger partial charge in [0, 0.05) is 18.0 Å². The van der Waals surface area contributed by atoms with Gasteiger partial charge in [-0.25, -0.2) is 4.79 Å². The first-order valence-corrected chi connectivity index (χ1v) is 7.03. The highest BCUT2D eigenvalue weighted by Gasteiger charge is 2.25. The van der Waals surface area contributed by atoms with E-state index >= 15 is 0 Å². The summed E-state index contributed by atoms with van der Waals surface area (Å²) in [5.74, 6) is 1.70. The number of ether oxygens (including phenoxy) is 1. The molecule has 3 rings (SSSR count). The van der Waals surface area contributed by atoms with Crippen molar-refractivity contribution in [1.82, 2.24) is 10.6 Å². The molecule has 5 nitrogen and oxygen atoms in total. The number of urea groups is 1. The van der Waals surface area contributed by atoms with Crippen LogP contribution in [0, 0.1) is 0 Å². The summed E-state index contributed by atoms with van der Waals surface area (Å²) in [5, 5.41) is 5.85. The Bertz CT molecular complexity index is 610. The van der Waals surface area contributed by atoms with E-state index in [4.69, 9.17) is 9.15 Å². The molecule has 1 aromatic carbocycles. The van der Waals surface area contributed by atoms with E-state index < -0.39 is 0 Å². The van der Waals surface area contributed by atoms with Gasteiger partial charge >= 0.3 is 6.03 Å². The Hall–Kier alpha value is -2.43. The maximum absolute atomic E-state index is 12.0. The van der Waals surface area contributed by atoms with E-state index in [1.165, 1.54) is 0 Å². The van der Waals surface area contributed by atoms with Crippen molar-refractivity contribution in [2.45, 2.75) is 25.4 Å². The fourth-order valence-corrected chi connectivity index (χ4v) is 2.49. The molecule has 2 aromatic rings. The first kappa shape index (κ1) is 13.5. The summed E-state index contributed by atoms with van der Waals surface area (Å²) < 4.78 is 10.8. The minimum absolute atomic E-state index is 0.00582. The highest BCUT2D eigenvalue weighted by atomic mass is 16.5. The number of hydrogen-bond acceptors (Lipinski definition) is 3. The molecule has 2 heterocycles. The number of carbonyl (C=O) groups is 1. The van der Waals surface area contributed by atoms with Crippen LogP contribution in [-0.2, 0) is 6.42 Å². The number of furan rings is 1. The van der Waals surface area contributed by atoms with Gasteiger partial charge in [-0.2, -0.15) is 0 Å². The molecular weight excluding hydrogens is 268 g/mol. The van der Waals surface area contributed by atoms with Crippen LogP contribution in [0.25, 0.3) is 0 Å². The van der Waals surface area contributed by atoms with Gasteiger partial charge in [-0.15, -0.1) is 0 Å². The van der Waals surface area contributed by atoms with E-state index in [-0.39, 0.29) is 18.1 Å². The molecule has 2 N–H and O–H groups in total. The third-order valence-electron chi connectivity index (χ3n) is 3.47. The van der Waals surface area contributed by atoms with Crippen LogP contribution < -0.4 is 15.4 Å². The number of para-hydroxylation sites is 1. The molecule has 5 heteroatoms. The maximum Gasteiger partial charge on any atom is 0.315 e. The molecule has 0 aliphatic carbocycles. The Morgan fingerprint density at radius 2 is 2.19 bits per heavy atom. The molecule has 0 spiro atoms. The normalized spacial score (nSPS) is 17.7. The molecule has 21 heavy (non-hydrogen) atoms. The summed E-state index contributed by atoms with van der Waals surface area (Å²) in [6.45, 7) is 2.42. The van der Waals surface area contributed by atoms with Crippen LogP contribution in [-0.4, -0.2) is 18.7 Å². The summed E-state index contributed by atoms with van der Waals surface area (Å²) in [6.07, 6.45) is 2.30. The van der Waals surface area contributed by atoms with Gasteiger partial charge in [-0.05, 0) is 25.1 Å². The monoisotopic (exact) mass is 286 g/mol. The minimum atomic E-state index is -0.195. The van der Waals surface area contributed by atoms with E-state index in [0.29, 0.717) is 13.0 Å². The third-order valence-corrected chi connectivity index (χ3v) is 3.47. The molecule has 0 unspecified atom stereocenters. The predicted molar refractivity (Wildman–Crippen MR) is 78.2 cm³/mol. The molecule has 0 saturated carbocycles. The highest BCUT2D eigenvalue weighted by Crippen LogP contribution is 2.31. The van der Waals surface area contributed by atoms with Crippen LogP contribution in [0.3, 0.4) is 0 Å². The molecule has 1 aromatic heterocycles. The SMILES string of the molecule is C[C@@H](Cc1ccco1)NC(=O)N[C@H]1COc2ccccc21. The van der Waals surface area contributed by atoms with Crippen molar-refractivity contribution in [2.75, 3.05) is 6.61 Å². The van der Waals surface area contributed by atoms with Crippen molar-refractivity contribution >= 4 is 6.03 Å². The summed E-state index contributed by atoms with van der Waals surface area (Å²) in [6, 6.07) is 11.2. The summed E-state index contributed by atoms with van der Waals surface area (Å²) >= 11 is 0. The van der Waals surface area contributed by atoms with Crippen LogP contribution in [0.1, 0.15) is 24.3 Å². The molecule has 0 bridgehead atoms. The molecule has 2 amide bonds. The number of nitrogens with one attached hydrogen (secondary N) is 2. The Labute approximate surface area is 123 Å². The van der Waals surface area contributed by atoms with Gasteiger partial charge in [0.05, 0.1) is 12.3 Å². The zero-order valence-electron chi connectivity index (χ0n) is 11.8. The molecular formula is C16H18N2O3. The molecule has 2 atom stereocenters. The van der Waals surface area contributed by atoms with E-state index in [9.17, 15) is 4.79 Å². The van der Waals surface area contributed by atoms with Crippen molar-refractivity contribution in [1.29, 1.82) is 0 Å². The molecule has 1 aliphatic rings. The van der Waals surface area contributed by atoms with Crippen molar-refractivity contribution < 1.29 is 13.9 Å². The fourth-order valence-electron chi connectivity index (χ4n) is 2.49. The standard InChI is InChI=1S/C16H18N2O3/c1-11(9-12-5-4-8-20-12)17-16(19)18-14-10-21-15-7-3-2-6-13(14)15/h2-8,11,14H,9-10H2,1H3,(H2,17,18,19)/t11-,14-/m0/s1. The Kier molecular flexibility index (Phi) is 3.81. The second-order valence-electron chi connectivity index (χ2n) is 5.20. The number of rotatable bonds is 4. The largest absolute Gasteiger partial charge is 0.491 e. The van der Waals surface area contributed by atoms with Gasteiger partial charge < -0.3 is 19.8 Å². The molecule has 110 valence electrons. The molecule has 0 fully saturated rings. The Balaban J connectivity index is 1.53. The van der Waals surface area contributed by atoms with Crippen molar-refractivity contribution in [3.8, 4) is 5.75 Å². The summed E-state index contributed by atoms with van der Waals surface area (Å²) in [7, 11) is 0. The molecule has 0 saturated heterocycles. The van der Waals surface area contributed by atoms with Crippen molar-refractivity contribution in [3.63, 3.8) is 0 Å². The zero-order chi connectivity index (χ0) is 14.7. The number of benzene rings is 1. The van der Waals surface area contributed by atoms with Gasteiger partial charge in [-0.1, -0.05) is 18.2 Å². The van der Waals surface area contributed by atoms with Crippen LogP contribution >= 0.6 is 0 Å². The number of fused-ring (bicyclic) bond motifs is 1. The average Bonchev–Trinajstić information content (AvgIpc) is 3.09. The number of carbonyl (C=O) groups excluding carboxylic acids is 1. The average molecular weight is 286 g/mol. The van der Waals surface area contributed by atoms with Crippen LogP contribution in [0.5, 0.6) is 5.75 Å². The van der Waals surface area contributed by atoms with Crippen molar-refractivity contribution in [3.05, 3.63) is 54.0 Å². The molecule has 0 radical (unpaired) electrons. The highest BCUT2D eigenvalue weighted by molar-refractivity contribution is 5.75. The van der Waals surface area contributed by atoms with Gasteiger partial charge in [0.2, 0.25) is 0 Å². The quantitative estimate of drug-likeness (QED) is 0.908. The lowest BCUT2D eigenvalue weighted by Gasteiger charge is -2.16. The predicted octanol–water partition coefficient (Wildman–Crippen LogP) is 2.64. The smallest absolute Gasteiger partial charge is 0.315 e. The topological polar surface area (TPSA) is 63.5 Å². The third kappa shape index (κ3) is 3.18. The van der Waals surface area contributed by atoms with Crippen LogP contribution in [0.15, 0.2) is 47.1 Å². The summed E-state index contributed by atoms with van der Waals surface area (Å²) in [4.78, 5) is 12.0. The Morgan fingerprint density at radius 3 is 3.00 bits per heavy atom. The maximum atomic E-state index is 12.0. The second kappa shape index (κ2) is 5.91. The first-order chi connectivity index (χ1) is 10.2. The molecule has 1 aliphatic heterocycles. The number of hydrogen-bond donors (Lipinski definition) is 2. The van der Waals surface area contributed by atoms with Gasteiger partial charge in [0.1, 0.15) is 18.1 Å². The summed E-state index contributed by atoms with van der Waals surface area (Å²) in [5.41, 5.74) is 1.02. The van der Waals surface area contributed by atoms with E-state index in [0.717, 1.165) is 17.1 Å². The van der Waals surface area contributed by atoms with Crippen LogP contribution in [0.4, 0.5) is 4.79 Å². The first-order valence-electron chi connectivity index (χ1n) is 7.03. The van der Waals surface area contributed by atoms with Gasteiger partial charge in [-0.3, -0.25) is 0 Å². The van der Waals surface area contributed by atoms with Gasteiger partial charge in [0.25, 0.3) is 0 Å². The lowest BCUT2D eigenvalue weighted by molar-refractivity contribution is 0.228. The fraction of sp³-hybridized carbons (Fsp3) is 0.312. The lowest BCUT2D eigenvalue weighted by atomic mass is 10.1. The van der Waals surface area contributed by atoms with E-state index in [2.05, 4.69) is 10.6 Å². The van der Waals surface area contributed by atoms with E-state index in [1.54, 1.807) is 6.26 Å².